The zero-order valence-corrected chi connectivity index (χ0v) is 24.3. The highest BCUT2D eigenvalue weighted by molar-refractivity contribution is 6.00. The van der Waals surface area contributed by atoms with Crippen LogP contribution in [0.25, 0.3) is 33.6 Å². The van der Waals surface area contributed by atoms with Crippen molar-refractivity contribution in [2.75, 3.05) is 47.2 Å². The van der Waals surface area contributed by atoms with Crippen LogP contribution in [0, 0.1) is 5.82 Å². The molecule has 3 heterocycles. The molecule has 0 atom stereocenters. The van der Waals surface area contributed by atoms with Crippen LogP contribution in [0.15, 0.2) is 77.2 Å². The van der Waals surface area contributed by atoms with E-state index in [-0.39, 0.29) is 17.3 Å². The van der Waals surface area contributed by atoms with Crippen LogP contribution in [0.4, 0.5) is 32.1 Å². The number of rotatable bonds is 7. The molecule has 6 rings (SSSR count). The van der Waals surface area contributed by atoms with Crippen LogP contribution < -0.4 is 20.9 Å². The molecule has 44 heavy (non-hydrogen) atoms. The molecule has 1 fully saturated rings. The molecule has 0 radical (unpaired) electrons. The Morgan fingerprint density at radius 2 is 1.59 bits per heavy atom. The van der Waals surface area contributed by atoms with Gasteiger partial charge >= 0.3 is 6.03 Å². The summed E-state index contributed by atoms with van der Waals surface area (Å²) in [4.78, 5) is 35.9. The van der Waals surface area contributed by atoms with E-state index < -0.39 is 11.8 Å². The highest BCUT2D eigenvalue weighted by Crippen LogP contribution is 2.32. The molecule has 2 aromatic heterocycles. The van der Waals surface area contributed by atoms with E-state index in [9.17, 15) is 14.0 Å². The third kappa shape index (κ3) is 6.37. The van der Waals surface area contributed by atoms with Gasteiger partial charge in [0.2, 0.25) is 5.91 Å². The zero-order chi connectivity index (χ0) is 30.6. The molecule has 0 spiro atoms. The van der Waals surface area contributed by atoms with Crippen LogP contribution >= 0.6 is 0 Å². The second kappa shape index (κ2) is 12.5. The normalized spacial score (nSPS) is 13.1. The maximum atomic E-state index is 14.3. The Morgan fingerprint density at radius 1 is 0.864 bits per heavy atom. The molecule has 0 aliphatic carbocycles. The van der Waals surface area contributed by atoms with E-state index >= 15 is 0 Å². The fraction of sp³-hybridized carbons (Fsp3) is 0.212. The summed E-state index contributed by atoms with van der Waals surface area (Å²) in [5, 5.41) is 8.67. The lowest BCUT2D eigenvalue weighted by molar-refractivity contribution is -0.114. The molecule has 3 amide bonds. The first-order valence-corrected chi connectivity index (χ1v) is 14.4. The van der Waals surface area contributed by atoms with Gasteiger partial charge < -0.3 is 30.0 Å². The number of aryl methyl sites for hydroxylation is 1. The van der Waals surface area contributed by atoms with Gasteiger partial charge in [-0.3, -0.25) is 4.79 Å². The highest BCUT2D eigenvalue weighted by Gasteiger charge is 2.19. The number of nitrogens with one attached hydrogen (secondary N) is 3. The number of aromatic nitrogens is 2. The van der Waals surface area contributed by atoms with Gasteiger partial charge in [-0.1, -0.05) is 13.0 Å². The van der Waals surface area contributed by atoms with Crippen LogP contribution in [0.1, 0.15) is 19.6 Å². The number of hydrogen-bond acceptors (Lipinski definition) is 7. The number of urea groups is 1. The standard InChI is InChI=1S/C33H31FN6O4/c1-3-25-10-13-30(44-25)22-6-11-26-29(18-22)38-31(39-32(26)40-14-16-43-17-15-40)21-4-7-23(8-5-21)36-33(42)37-24-9-12-28(27(34)19-24)35-20(2)41/h4-13,18-19H,3,14-17H2,1-2H3,(H,35,41)(H2,36,37,42). The van der Waals surface area contributed by atoms with Crippen molar-refractivity contribution in [1.82, 2.24) is 9.97 Å². The number of morpholine rings is 1. The summed E-state index contributed by atoms with van der Waals surface area (Å²) in [6, 6.07) is 20.7. The summed E-state index contributed by atoms with van der Waals surface area (Å²) in [6.45, 7) is 6.05. The van der Waals surface area contributed by atoms with E-state index in [1.54, 1.807) is 12.1 Å². The van der Waals surface area contributed by atoms with Crippen LogP contribution in [0.2, 0.25) is 0 Å². The van der Waals surface area contributed by atoms with Crippen molar-refractivity contribution in [3.05, 3.63) is 84.4 Å². The quantitative estimate of drug-likeness (QED) is 0.192. The Labute approximate surface area is 253 Å². The van der Waals surface area contributed by atoms with Crippen LogP contribution in [-0.2, 0) is 16.0 Å². The molecule has 0 bridgehead atoms. The summed E-state index contributed by atoms with van der Waals surface area (Å²) < 4.78 is 25.8. The Balaban J connectivity index is 1.24. The summed E-state index contributed by atoms with van der Waals surface area (Å²) in [6.07, 6.45) is 0.819. The molecular weight excluding hydrogens is 563 g/mol. The van der Waals surface area contributed by atoms with Gasteiger partial charge in [0, 0.05) is 54.3 Å². The first kappa shape index (κ1) is 28.8. The molecule has 224 valence electrons. The largest absolute Gasteiger partial charge is 0.461 e. The second-order valence-electron chi connectivity index (χ2n) is 10.4. The van der Waals surface area contributed by atoms with Gasteiger partial charge in [-0.25, -0.2) is 19.2 Å². The zero-order valence-electron chi connectivity index (χ0n) is 24.3. The topological polar surface area (TPSA) is 122 Å². The summed E-state index contributed by atoms with van der Waals surface area (Å²) >= 11 is 0. The van der Waals surface area contributed by atoms with Crippen molar-refractivity contribution in [2.24, 2.45) is 0 Å². The first-order chi connectivity index (χ1) is 21.4. The number of benzene rings is 3. The smallest absolute Gasteiger partial charge is 0.323 e. The number of halogens is 1. The number of carbonyl (C=O) groups is 2. The molecule has 1 aliphatic heterocycles. The fourth-order valence-electron chi connectivity index (χ4n) is 5.01. The summed E-state index contributed by atoms with van der Waals surface area (Å²) in [5.74, 6) is 2.06. The van der Waals surface area contributed by atoms with Gasteiger partial charge in [-0.2, -0.15) is 0 Å². The maximum absolute atomic E-state index is 14.3. The number of amides is 3. The molecule has 0 saturated carbocycles. The van der Waals surface area contributed by atoms with E-state index in [1.807, 2.05) is 42.5 Å². The third-order valence-corrected chi connectivity index (χ3v) is 7.22. The van der Waals surface area contributed by atoms with Crippen LogP contribution in [0.3, 0.4) is 0 Å². The molecule has 1 saturated heterocycles. The summed E-state index contributed by atoms with van der Waals surface area (Å²) in [7, 11) is 0. The van der Waals surface area contributed by atoms with Crippen molar-refractivity contribution >= 4 is 45.7 Å². The molecule has 1 aliphatic rings. The number of fused-ring (bicyclic) bond motifs is 1. The molecule has 10 nitrogen and oxygen atoms in total. The number of carbonyl (C=O) groups excluding carboxylic acids is 2. The predicted molar refractivity (Wildman–Crippen MR) is 168 cm³/mol. The molecule has 0 unspecified atom stereocenters. The average Bonchev–Trinajstić information content (AvgIpc) is 3.52. The average molecular weight is 595 g/mol. The van der Waals surface area contributed by atoms with Gasteiger partial charge in [0.15, 0.2) is 5.82 Å². The molecule has 3 aromatic carbocycles. The molecule has 11 heteroatoms. The Hall–Kier alpha value is -5.29. The van der Waals surface area contributed by atoms with Gasteiger partial charge in [0.25, 0.3) is 0 Å². The van der Waals surface area contributed by atoms with E-state index in [1.165, 1.54) is 19.1 Å². The van der Waals surface area contributed by atoms with Crippen molar-refractivity contribution in [3.63, 3.8) is 0 Å². The van der Waals surface area contributed by atoms with Crippen LogP contribution in [-0.4, -0.2) is 48.2 Å². The maximum Gasteiger partial charge on any atom is 0.323 e. The Bertz CT molecular complexity index is 1830. The fourth-order valence-corrected chi connectivity index (χ4v) is 5.01. The third-order valence-electron chi connectivity index (χ3n) is 7.22. The second-order valence-corrected chi connectivity index (χ2v) is 10.4. The predicted octanol–water partition coefficient (Wildman–Crippen LogP) is 6.70. The number of furan rings is 1. The number of hydrogen-bond donors (Lipinski definition) is 3. The number of nitrogens with zero attached hydrogens (tertiary/aromatic N) is 3. The van der Waals surface area contributed by atoms with Crippen molar-refractivity contribution < 1.29 is 23.1 Å². The van der Waals surface area contributed by atoms with E-state index in [2.05, 4.69) is 27.8 Å². The van der Waals surface area contributed by atoms with Crippen molar-refractivity contribution in [2.45, 2.75) is 20.3 Å². The van der Waals surface area contributed by atoms with E-state index in [0.29, 0.717) is 24.7 Å². The van der Waals surface area contributed by atoms with Gasteiger partial charge in [-0.15, -0.1) is 0 Å². The summed E-state index contributed by atoms with van der Waals surface area (Å²) in [5.41, 5.74) is 3.31. The lowest BCUT2D eigenvalue weighted by Gasteiger charge is -2.29. The van der Waals surface area contributed by atoms with Crippen LogP contribution in [0.5, 0.6) is 0 Å². The van der Waals surface area contributed by atoms with Gasteiger partial charge in [0.1, 0.15) is 23.2 Å². The lowest BCUT2D eigenvalue weighted by Crippen LogP contribution is -2.37. The molecule has 3 N–H and O–H groups in total. The molecular formula is C33H31FN6O4. The van der Waals surface area contributed by atoms with E-state index in [4.69, 9.17) is 19.1 Å². The SMILES string of the molecule is CCc1ccc(-c2ccc3c(N4CCOCC4)nc(-c4ccc(NC(=O)Nc5ccc(NC(C)=O)c(F)c5)cc4)nc3c2)o1. The van der Waals surface area contributed by atoms with E-state index in [0.717, 1.165) is 64.9 Å². The minimum atomic E-state index is -0.656. The Kier molecular flexibility index (Phi) is 8.20. The lowest BCUT2D eigenvalue weighted by atomic mass is 10.1. The minimum Gasteiger partial charge on any atom is -0.461 e. The minimum absolute atomic E-state index is 0.0366. The number of anilines is 4. The Morgan fingerprint density at radius 3 is 2.30 bits per heavy atom. The monoisotopic (exact) mass is 594 g/mol. The molecule has 5 aromatic rings. The van der Waals surface area contributed by atoms with Gasteiger partial charge in [-0.05, 0) is 66.7 Å². The first-order valence-electron chi connectivity index (χ1n) is 14.4. The highest BCUT2D eigenvalue weighted by atomic mass is 19.1. The van der Waals surface area contributed by atoms with Crippen molar-refractivity contribution in [3.8, 4) is 22.7 Å². The number of ether oxygens (including phenoxy) is 1. The van der Waals surface area contributed by atoms with Crippen molar-refractivity contribution in [1.29, 1.82) is 0 Å². The van der Waals surface area contributed by atoms with Gasteiger partial charge in [0.05, 0.1) is 24.4 Å².